The molecule has 1 aromatic rings. The fraction of sp³-hybridized carbons (Fsp3) is 0.500. The Morgan fingerprint density at radius 1 is 1.32 bits per heavy atom. The zero-order valence-corrected chi connectivity index (χ0v) is 11.0. The topological polar surface area (TPSA) is 41.1 Å². The minimum Gasteiger partial charge on any atom is -0.349 e. The summed E-state index contributed by atoms with van der Waals surface area (Å²) in [5, 5.41) is 5.78. The van der Waals surface area contributed by atoms with Crippen LogP contribution >= 0.6 is 0 Å². The van der Waals surface area contributed by atoms with Crippen LogP contribution in [-0.2, 0) is 4.79 Å². The minimum atomic E-state index is -0.677. The van der Waals surface area contributed by atoms with Crippen molar-refractivity contribution >= 4 is 5.91 Å². The van der Waals surface area contributed by atoms with Crippen molar-refractivity contribution < 1.29 is 13.6 Å². The Hall–Kier alpha value is -1.49. The number of amides is 1. The molecule has 5 heteroatoms. The molecule has 1 aromatic carbocycles. The Kier molecular flexibility index (Phi) is 4.14. The smallest absolute Gasteiger partial charge is 0.223 e. The molecular formula is C14H18F2N2O. The van der Waals surface area contributed by atoms with Crippen LogP contribution in [0.4, 0.5) is 8.78 Å². The lowest BCUT2D eigenvalue weighted by Crippen LogP contribution is -2.49. The Morgan fingerprint density at radius 2 is 1.89 bits per heavy atom. The van der Waals surface area contributed by atoms with Crippen LogP contribution in [0.5, 0.6) is 0 Å². The molecule has 19 heavy (non-hydrogen) atoms. The summed E-state index contributed by atoms with van der Waals surface area (Å²) >= 11 is 0. The van der Waals surface area contributed by atoms with E-state index >= 15 is 0 Å². The molecule has 2 rings (SSSR count). The summed E-state index contributed by atoms with van der Waals surface area (Å²) in [5.74, 6) is -1.28. The minimum absolute atomic E-state index is 0.0882. The van der Waals surface area contributed by atoms with Gasteiger partial charge in [-0.2, -0.15) is 0 Å². The van der Waals surface area contributed by atoms with Gasteiger partial charge in [-0.05, 0) is 38.1 Å². The first-order chi connectivity index (χ1) is 9.00. The third kappa shape index (κ3) is 2.92. The standard InChI is InChI=1S/C14H18F2N2O/c1-8(10-6-17-7-10)14(19)18-9(2)13-11(15)4-3-5-12(13)16/h3-5,8-10,17H,6-7H2,1-2H3,(H,18,19). The van der Waals surface area contributed by atoms with Crippen LogP contribution in [0, 0.1) is 23.5 Å². The normalized spacial score (nSPS) is 18.5. The van der Waals surface area contributed by atoms with Crippen LogP contribution in [0.25, 0.3) is 0 Å². The van der Waals surface area contributed by atoms with Gasteiger partial charge in [0.2, 0.25) is 5.91 Å². The van der Waals surface area contributed by atoms with Crippen molar-refractivity contribution in [3.63, 3.8) is 0 Å². The summed E-state index contributed by atoms with van der Waals surface area (Å²) in [6, 6.07) is 3.02. The summed E-state index contributed by atoms with van der Waals surface area (Å²) in [7, 11) is 0. The summed E-state index contributed by atoms with van der Waals surface area (Å²) in [4.78, 5) is 12.0. The summed E-state index contributed by atoms with van der Waals surface area (Å²) < 4.78 is 27.2. The number of carbonyl (C=O) groups excluding carboxylic acids is 1. The van der Waals surface area contributed by atoms with Crippen LogP contribution in [-0.4, -0.2) is 19.0 Å². The van der Waals surface area contributed by atoms with Gasteiger partial charge in [-0.1, -0.05) is 13.0 Å². The van der Waals surface area contributed by atoms with Crippen molar-refractivity contribution in [1.29, 1.82) is 0 Å². The quantitative estimate of drug-likeness (QED) is 0.877. The van der Waals surface area contributed by atoms with Crippen molar-refractivity contribution in [1.82, 2.24) is 10.6 Å². The Labute approximate surface area is 111 Å². The van der Waals surface area contributed by atoms with E-state index < -0.39 is 17.7 Å². The monoisotopic (exact) mass is 268 g/mol. The van der Waals surface area contributed by atoms with Crippen LogP contribution < -0.4 is 10.6 Å². The molecule has 1 heterocycles. The van der Waals surface area contributed by atoms with E-state index in [-0.39, 0.29) is 17.4 Å². The Morgan fingerprint density at radius 3 is 2.37 bits per heavy atom. The van der Waals surface area contributed by atoms with Gasteiger partial charge in [0, 0.05) is 11.5 Å². The molecule has 2 unspecified atom stereocenters. The molecule has 1 amide bonds. The number of halogens is 2. The third-order valence-corrected chi connectivity index (χ3v) is 3.73. The van der Waals surface area contributed by atoms with E-state index in [2.05, 4.69) is 10.6 Å². The van der Waals surface area contributed by atoms with E-state index in [4.69, 9.17) is 0 Å². The second kappa shape index (κ2) is 5.65. The van der Waals surface area contributed by atoms with E-state index in [1.165, 1.54) is 18.2 Å². The van der Waals surface area contributed by atoms with Gasteiger partial charge in [-0.3, -0.25) is 4.79 Å². The van der Waals surface area contributed by atoms with Gasteiger partial charge < -0.3 is 10.6 Å². The molecule has 0 spiro atoms. The van der Waals surface area contributed by atoms with Crippen molar-refractivity contribution in [2.45, 2.75) is 19.9 Å². The second-order valence-electron chi connectivity index (χ2n) is 5.07. The highest BCUT2D eigenvalue weighted by Crippen LogP contribution is 2.22. The average molecular weight is 268 g/mol. The second-order valence-corrected chi connectivity index (χ2v) is 5.07. The van der Waals surface area contributed by atoms with Gasteiger partial charge >= 0.3 is 0 Å². The van der Waals surface area contributed by atoms with Gasteiger partial charge in [0.25, 0.3) is 0 Å². The fourth-order valence-corrected chi connectivity index (χ4v) is 2.22. The maximum absolute atomic E-state index is 13.6. The number of carbonyl (C=O) groups is 1. The molecule has 0 saturated carbocycles. The first-order valence-electron chi connectivity index (χ1n) is 6.45. The van der Waals surface area contributed by atoms with Gasteiger partial charge in [-0.15, -0.1) is 0 Å². The van der Waals surface area contributed by atoms with E-state index in [9.17, 15) is 13.6 Å². The number of benzene rings is 1. The highest BCUT2D eigenvalue weighted by molar-refractivity contribution is 5.79. The lowest BCUT2D eigenvalue weighted by molar-refractivity contribution is -0.127. The van der Waals surface area contributed by atoms with E-state index in [0.717, 1.165) is 13.1 Å². The van der Waals surface area contributed by atoms with Crippen molar-refractivity contribution in [2.24, 2.45) is 11.8 Å². The molecule has 104 valence electrons. The third-order valence-electron chi connectivity index (χ3n) is 3.73. The maximum Gasteiger partial charge on any atom is 0.223 e. The highest BCUT2D eigenvalue weighted by atomic mass is 19.1. The van der Waals surface area contributed by atoms with Gasteiger partial charge in [0.15, 0.2) is 0 Å². The Balaban J connectivity index is 2.04. The maximum atomic E-state index is 13.6. The molecule has 1 aliphatic heterocycles. The molecule has 0 bridgehead atoms. The van der Waals surface area contributed by atoms with Crippen LogP contribution in [0.2, 0.25) is 0 Å². The van der Waals surface area contributed by atoms with E-state index in [0.29, 0.717) is 5.92 Å². The van der Waals surface area contributed by atoms with Crippen LogP contribution in [0.3, 0.4) is 0 Å². The van der Waals surface area contributed by atoms with E-state index in [1.807, 2.05) is 6.92 Å². The lowest BCUT2D eigenvalue weighted by Gasteiger charge is -2.32. The van der Waals surface area contributed by atoms with Crippen LogP contribution in [0.15, 0.2) is 18.2 Å². The van der Waals surface area contributed by atoms with Crippen LogP contribution in [0.1, 0.15) is 25.5 Å². The predicted octanol–water partition coefficient (Wildman–Crippen LogP) is 2.00. The summed E-state index contributed by atoms with van der Waals surface area (Å²) in [6.07, 6.45) is 0. The molecule has 2 N–H and O–H groups in total. The average Bonchev–Trinajstić information content (AvgIpc) is 2.26. The number of rotatable bonds is 4. The van der Waals surface area contributed by atoms with Crippen molar-refractivity contribution in [3.8, 4) is 0 Å². The zero-order valence-electron chi connectivity index (χ0n) is 11.0. The van der Waals surface area contributed by atoms with Gasteiger partial charge in [0.05, 0.1) is 6.04 Å². The largest absolute Gasteiger partial charge is 0.349 e. The fourth-order valence-electron chi connectivity index (χ4n) is 2.22. The molecular weight excluding hydrogens is 250 g/mol. The number of hydrogen-bond acceptors (Lipinski definition) is 2. The molecule has 0 aliphatic carbocycles. The first-order valence-corrected chi connectivity index (χ1v) is 6.45. The molecule has 1 aliphatic rings. The summed E-state index contributed by atoms with van der Waals surface area (Å²) in [6.45, 7) is 5.06. The molecule has 3 nitrogen and oxygen atoms in total. The van der Waals surface area contributed by atoms with E-state index in [1.54, 1.807) is 6.92 Å². The molecule has 0 radical (unpaired) electrons. The molecule has 1 fully saturated rings. The number of hydrogen-bond donors (Lipinski definition) is 2. The molecule has 0 aromatic heterocycles. The highest BCUT2D eigenvalue weighted by Gasteiger charge is 2.30. The van der Waals surface area contributed by atoms with Gasteiger partial charge in [0.1, 0.15) is 11.6 Å². The van der Waals surface area contributed by atoms with Crippen molar-refractivity contribution in [2.75, 3.05) is 13.1 Å². The Bertz CT molecular complexity index is 454. The SMILES string of the molecule is CC(NC(=O)C(C)C1CNC1)c1c(F)cccc1F. The molecule has 2 atom stereocenters. The lowest BCUT2D eigenvalue weighted by atomic mass is 9.88. The van der Waals surface area contributed by atoms with Crippen molar-refractivity contribution in [3.05, 3.63) is 35.4 Å². The summed E-state index contributed by atoms with van der Waals surface area (Å²) in [5.41, 5.74) is -0.0882. The molecule has 1 saturated heterocycles. The zero-order chi connectivity index (χ0) is 14.0. The predicted molar refractivity (Wildman–Crippen MR) is 68.4 cm³/mol. The first kappa shape index (κ1) is 13.9. The van der Waals surface area contributed by atoms with Gasteiger partial charge in [-0.25, -0.2) is 8.78 Å². The number of nitrogens with one attached hydrogen (secondary N) is 2.